The molecule has 0 saturated carbocycles. The molecule has 0 unspecified atom stereocenters. The Morgan fingerprint density at radius 3 is 2.45 bits per heavy atom. The number of nitrogens with one attached hydrogen (secondary N) is 1. The Bertz CT molecular complexity index is 950. The van der Waals surface area contributed by atoms with E-state index in [1.54, 1.807) is 42.5 Å². The van der Waals surface area contributed by atoms with Crippen molar-refractivity contribution >= 4 is 41.0 Å². The number of carbonyl (C=O) groups is 3. The zero-order chi connectivity index (χ0) is 22.2. The Balaban J connectivity index is 1.60. The molecule has 1 aliphatic heterocycles. The Morgan fingerprint density at radius 1 is 1.06 bits per heavy atom. The summed E-state index contributed by atoms with van der Waals surface area (Å²) in [6.45, 7) is 0.423. The van der Waals surface area contributed by atoms with E-state index in [0.29, 0.717) is 53.0 Å². The number of hydrogen-bond acceptors (Lipinski definition) is 7. The lowest BCUT2D eigenvalue weighted by Gasteiger charge is -2.19. The van der Waals surface area contributed by atoms with Crippen LogP contribution < -0.4 is 14.8 Å². The smallest absolute Gasteiger partial charge is 0.329 e. The molecule has 164 valence electrons. The maximum atomic E-state index is 12.6. The molecule has 1 amide bonds. The van der Waals surface area contributed by atoms with Crippen molar-refractivity contribution in [2.75, 3.05) is 31.8 Å². The first-order chi connectivity index (χ1) is 15.0. The Labute approximate surface area is 189 Å². The Morgan fingerprint density at radius 2 is 1.74 bits per heavy atom. The minimum Gasteiger partial charge on any atom is -0.486 e. The summed E-state index contributed by atoms with van der Waals surface area (Å²) in [5.74, 6) is 0.230. The van der Waals surface area contributed by atoms with E-state index in [0.717, 1.165) is 0 Å². The third-order valence-electron chi connectivity index (χ3n) is 4.52. The van der Waals surface area contributed by atoms with Crippen molar-refractivity contribution < 1.29 is 28.6 Å². The predicted molar refractivity (Wildman–Crippen MR) is 118 cm³/mol. The van der Waals surface area contributed by atoms with Crippen LogP contribution in [0.1, 0.15) is 27.1 Å². The average Bonchev–Trinajstić information content (AvgIpc) is 2.79. The van der Waals surface area contributed by atoms with E-state index in [-0.39, 0.29) is 5.78 Å². The molecule has 31 heavy (non-hydrogen) atoms. The molecular formula is C22H22ClNO6S. The second-order valence-electron chi connectivity index (χ2n) is 6.70. The molecule has 0 bridgehead atoms. The number of halogens is 1. The van der Waals surface area contributed by atoms with Crippen LogP contribution >= 0.6 is 23.4 Å². The molecular weight excluding hydrogens is 442 g/mol. The van der Waals surface area contributed by atoms with Gasteiger partial charge < -0.3 is 19.5 Å². The Hall–Kier alpha value is -2.71. The first-order valence-electron chi connectivity index (χ1n) is 9.63. The van der Waals surface area contributed by atoms with Gasteiger partial charge in [-0.3, -0.25) is 9.59 Å². The quantitative estimate of drug-likeness (QED) is 0.450. The molecule has 0 aliphatic carbocycles. The van der Waals surface area contributed by atoms with E-state index in [1.165, 1.54) is 11.8 Å². The minimum atomic E-state index is -0.872. The number of esters is 1. The molecule has 1 atom stereocenters. The number of thioether (sulfide) groups is 1. The monoisotopic (exact) mass is 463 g/mol. The van der Waals surface area contributed by atoms with Gasteiger partial charge >= 0.3 is 5.97 Å². The summed E-state index contributed by atoms with van der Waals surface area (Å²) >= 11 is 7.38. The molecule has 0 radical (unpaired) electrons. The lowest BCUT2D eigenvalue weighted by molar-refractivity contribution is -0.144. The topological polar surface area (TPSA) is 90.9 Å². The van der Waals surface area contributed by atoms with Gasteiger partial charge in [0.2, 0.25) is 0 Å². The zero-order valence-corrected chi connectivity index (χ0v) is 18.5. The van der Waals surface area contributed by atoms with E-state index in [9.17, 15) is 14.4 Å². The molecule has 0 fully saturated rings. The molecule has 2 aromatic rings. The molecule has 7 nitrogen and oxygen atoms in total. The number of Topliss-reactive ketones (excluding diaryl/α,β-unsaturated/α-hetero) is 1. The lowest BCUT2D eigenvalue weighted by atomic mass is 10.1. The van der Waals surface area contributed by atoms with Gasteiger partial charge in [-0.15, -0.1) is 0 Å². The number of carbonyl (C=O) groups excluding carboxylic acids is 3. The highest BCUT2D eigenvalue weighted by Crippen LogP contribution is 2.30. The highest BCUT2D eigenvalue weighted by Gasteiger charge is 2.24. The zero-order valence-electron chi connectivity index (χ0n) is 16.9. The van der Waals surface area contributed by atoms with Gasteiger partial charge in [0, 0.05) is 16.1 Å². The number of ketones is 1. The second kappa shape index (κ2) is 11.1. The van der Waals surface area contributed by atoms with Gasteiger partial charge in [-0.25, -0.2) is 4.79 Å². The summed E-state index contributed by atoms with van der Waals surface area (Å²) in [4.78, 5) is 37.5. The molecule has 2 aromatic carbocycles. The van der Waals surface area contributed by atoms with E-state index in [1.807, 2.05) is 6.26 Å². The van der Waals surface area contributed by atoms with Gasteiger partial charge in [-0.05, 0) is 60.9 Å². The van der Waals surface area contributed by atoms with Crippen molar-refractivity contribution in [3.63, 3.8) is 0 Å². The molecule has 3 rings (SSSR count). The molecule has 9 heteroatoms. The van der Waals surface area contributed by atoms with Crippen LogP contribution in [0.5, 0.6) is 11.5 Å². The van der Waals surface area contributed by atoms with Gasteiger partial charge in [-0.2, -0.15) is 11.8 Å². The van der Waals surface area contributed by atoms with Gasteiger partial charge in [0.1, 0.15) is 19.3 Å². The standard InChI is InChI=1S/C22H22ClNO6S/c1-31-11-8-17(24-21(26)14-2-5-16(23)6-3-14)22(27)30-13-18(25)15-4-7-19-20(12-15)29-10-9-28-19/h2-7,12,17H,8-11,13H2,1H3,(H,24,26)/t17-/m1/s1. The summed E-state index contributed by atoms with van der Waals surface area (Å²) in [6, 6.07) is 10.3. The van der Waals surface area contributed by atoms with Crippen LogP contribution in [0.2, 0.25) is 5.02 Å². The number of benzene rings is 2. The molecule has 0 spiro atoms. The van der Waals surface area contributed by atoms with Gasteiger partial charge in [-0.1, -0.05) is 11.6 Å². The van der Waals surface area contributed by atoms with Crippen molar-refractivity contribution in [1.82, 2.24) is 5.32 Å². The van der Waals surface area contributed by atoms with Gasteiger partial charge in [0.15, 0.2) is 23.9 Å². The molecule has 1 N–H and O–H groups in total. The predicted octanol–water partition coefficient (Wildman–Crippen LogP) is 3.39. The van der Waals surface area contributed by atoms with Crippen LogP contribution in [0.4, 0.5) is 0 Å². The highest BCUT2D eigenvalue weighted by molar-refractivity contribution is 7.98. The maximum absolute atomic E-state index is 12.6. The van der Waals surface area contributed by atoms with Crippen LogP contribution in [0.15, 0.2) is 42.5 Å². The summed E-state index contributed by atoms with van der Waals surface area (Å²) in [5, 5.41) is 3.18. The van der Waals surface area contributed by atoms with E-state index in [2.05, 4.69) is 5.32 Å². The van der Waals surface area contributed by atoms with Crippen molar-refractivity contribution in [2.45, 2.75) is 12.5 Å². The highest BCUT2D eigenvalue weighted by atomic mass is 35.5. The van der Waals surface area contributed by atoms with Crippen LogP contribution in [-0.4, -0.2) is 55.5 Å². The minimum absolute atomic E-state index is 0.350. The average molecular weight is 464 g/mol. The Kier molecular flexibility index (Phi) is 8.20. The normalized spacial score (nSPS) is 13.2. The molecule has 1 aliphatic rings. The summed E-state index contributed by atoms with van der Waals surface area (Å²) < 4.78 is 16.1. The third-order valence-corrected chi connectivity index (χ3v) is 5.41. The van der Waals surface area contributed by atoms with Crippen molar-refractivity contribution in [1.29, 1.82) is 0 Å². The maximum Gasteiger partial charge on any atom is 0.329 e. The number of hydrogen-bond donors (Lipinski definition) is 1. The van der Waals surface area contributed by atoms with E-state index in [4.69, 9.17) is 25.8 Å². The fourth-order valence-corrected chi connectivity index (χ4v) is 3.46. The van der Waals surface area contributed by atoms with Crippen LogP contribution in [0, 0.1) is 0 Å². The first kappa shape index (κ1) is 23.0. The molecule has 1 heterocycles. The van der Waals surface area contributed by atoms with Crippen molar-refractivity contribution in [3.8, 4) is 11.5 Å². The number of fused-ring (bicyclic) bond motifs is 1. The van der Waals surface area contributed by atoms with Crippen LogP contribution in [0.25, 0.3) is 0 Å². The number of amides is 1. The van der Waals surface area contributed by atoms with E-state index >= 15 is 0 Å². The van der Waals surface area contributed by atoms with E-state index < -0.39 is 24.5 Å². The van der Waals surface area contributed by atoms with Gasteiger partial charge in [0.25, 0.3) is 5.91 Å². The summed E-state index contributed by atoms with van der Waals surface area (Å²) in [7, 11) is 0. The second-order valence-corrected chi connectivity index (χ2v) is 8.13. The molecule has 0 saturated heterocycles. The van der Waals surface area contributed by atoms with Crippen LogP contribution in [-0.2, 0) is 9.53 Å². The third kappa shape index (κ3) is 6.38. The summed E-state index contributed by atoms with van der Waals surface area (Å²) in [5.41, 5.74) is 0.724. The van der Waals surface area contributed by atoms with Crippen LogP contribution in [0.3, 0.4) is 0 Å². The summed E-state index contributed by atoms with van der Waals surface area (Å²) in [6.07, 6.45) is 2.27. The first-order valence-corrected chi connectivity index (χ1v) is 11.4. The number of ether oxygens (including phenoxy) is 3. The van der Waals surface area contributed by atoms with Crippen molar-refractivity contribution in [2.24, 2.45) is 0 Å². The van der Waals surface area contributed by atoms with Crippen molar-refractivity contribution in [3.05, 3.63) is 58.6 Å². The SMILES string of the molecule is CSCC[C@@H](NC(=O)c1ccc(Cl)cc1)C(=O)OCC(=O)c1ccc2c(c1)OCCO2. The molecule has 0 aromatic heterocycles. The number of rotatable bonds is 9. The lowest BCUT2D eigenvalue weighted by Crippen LogP contribution is -2.42. The fourth-order valence-electron chi connectivity index (χ4n) is 2.86. The largest absolute Gasteiger partial charge is 0.486 e. The fraction of sp³-hybridized carbons (Fsp3) is 0.318. The van der Waals surface area contributed by atoms with Gasteiger partial charge in [0.05, 0.1) is 0 Å².